The van der Waals surface area contributed by atoms with Crippen molar-refractivity contribution < 1.29 is 18.8 Å². The van der Waals surface area contributed by atoms with Crippen molar-refractivity contribution >= 4 is 51.9 Å². The Bertz CT molecular complexity index is 1480. The summed E-state index contributed by atoms with van der Waals surface area (Å²) >= 11 is 1.31. The van der Waals surface area contributed by atoms with Crippen molar-refractivity contribution in [3.05, 3.63) is 84.3 Å². The van der Waals surface area contributed by atoms with Crippen LogP contribution < -0.4 is 10.2 Å². The third-order valence-electron chi connectivity index (χ3n) is 7.37. The van der Waals surface area contributed by atoms with Crippen LogP contribution in [0.25, 0.3) is 0 Å². The van der Waals surface area contributed by atoms with Gasteiger partial charge in [0.05, 0.1) is 24.2 Å². The van der Waals surface area contributed by atoms with Crippen molar-refractivity contribution in [2.45, 2.75) is 25.4 Å². The van der Waals surface area contributed by atoms with Gasteiger partial charge in [-0.25, -0.2) is 4.99 Å². The molecule has 4 heterocycles. The molecule has 0 aliphatic carbocycles. The van der Waals surface area contributed by atoms with Crippen LogP contribution in [-0.4, -0.2) is 76.5 Å². The molecule has 0 saturated carbocycles. The van der Waals surface area contributed by atoms with E-state index in [0.29, 0.717) is 35.5 Å². The molecule has 41 heavy (non-hydrogen) atoms. The number of fused-ring (bicyclic) bond motifs is 3. The standard InChI is InChI=1S/C30H30N6O4S/c37-26(31-19-22-9-6-18-40-22)13-12-25-29(39)33-28-23-10-4-5-11-24(23)32-30(36(25)28)41-20-27(38)35-16-14-34(15-17-35)21-7-2-1-3-8-21/h1-11,18,25H,12-17,19-20H2,(H,31,37). The second-order valence-electron chi connectivity index (χ2n) is 9.96. The Balaban J connectivity index is 1.10. The molecule has 11 heteroatoms. The number of benzene rings is 2. The molecular formula is C30H30N6O4S. The van der Waals surface area contributed by atoms with Gasteiger partial charge in [0.1, 0.15) is 17.6 Å². The summed E-state index contributed by atoms with van der Waals surface area (Å²) in [5.74, 6) is 0.907. The fourth-order valence-corrected chi connectivity index (χ4v) is 6.15. The summed E-state index contributed by atoms with van der Waals surface area (Å²) in [6.07, 6.45) is 1.97. The number of hydrogen-bond acceptors (Lipinski definition) is 8. The van der Waals surface area contributed by atoms with E-state index in [-0.39, 0.29) is 42.9 Å². The van der Waals surface area contributed by atoms with Gasteiger partial charge in [0, 0.05) is 43.9 Å². The van der Waals surface area contributed by atoms with E-state index in [4.69, 9.17) is 9.41 Å². The highest BCUT2D eigenvalue weighted by molar-refractivity contribution is 8.14. The highest BCUT2D eigenvalue weighted by Gasteiger charge is 2.42. The first-order valence-corrected chi connectivity index (χ1v) is 14.6. The van der Waals surface area contributed by atoms with E-state index in [1.165, 1.54) is 11.8 Å². The second-order valence-corrected chi connectivity index (χ2v) is 10.9. The number of carbonyl (C=O) groups excluding carboxylic acids is 3. The van der Waals surface area contributed by atoms with Crippen molar-refractivity contribution in [3.63, 3.8) is 0 Å². The summed E-state index contributed by atoms with van der Waals surface area (Å²) in [6.45, 7) is 3.13. The number of piperazine rings is 1. The molecule has 3 aliphatic heterocycles. The lowest BCUT2D eigenvalue weighted by atomic mass is 10.1. The summed E-state index contributed by atoms with van der Waals surface area (Å²) in [7, 11) is 0. The zero-order valence-electron chi connectivity index (χ0n) is 22.4. The number of rotatable bonds is 8. The van der Waals surface area contributed by atoms with E-state index in [1.54, 1.807) is 23.3 Å². The van der Waals surface area contributed by atoms with Gasteiger partial charge >= 0.3 is 0 Å². The lowest BCUT2D eigenvalue weighted by Crippen LogP contribution is -2.49. The van der Waals surface area contributed by atoms with Crippen LogP contribution in [0.2, 0.25) is 0 Å². The molecule has 3 aliphatic rings. The zero-order valence-corrected chi connectivity index (χ0v) is 23.3. The molecule has 0 bridgehead atoms. The van der Waals surface area contributed by atoms with Gasteiger partial charge in [-0.1, -0.05) is 42.1 Å². The number of carbonyl (C=O) groups is 3. The summed E-state index contributed by atoms with van der Waals surface area (Å²) in [6, 6.07) is 20.6. The molecule has 3 aromatic rings. The monoisotopic (exact) mass is 570 g/mol. The van der Waals surface area contributed by atoms with Crippen LogP contribution in [0, 0.1) is 0 Å². The molecule has 210 valence electrons. The molecule has 3 amide bonds. The molecule has 2 aromatic carbocycles. The Morgan fingerprint density at radius 3 is 2.51 bits per heavy atom. The first kappa shape index (κ1) is 26.8. The largest absolute Gasteiger partial charge is 0.467 e. The summed E-state index contributed by atoms with van der Waals surface area (Å²) in [5, 5.41) is 3.37. The SMILES string of the molecule is O=C(CCC1C(=O)N=C2c3ccccc3N=C(SCC(=O)N3CCN(c4ccccc4)CC3)N21)NCc1ccco1. The van der Waals surface area contributed by atoms with Crippen LogP contribution >= 0.6 is 11.8 Å². The van der Waals surface area contributed by atoms with Crippen LogP contribution in [0.3, 0.4) is 0 Å². The van der Waals surface area contributed by atoms with Crippen molar-refractivity contribution in [2.24, 2.45) is 9.98 Å². The fourth-order valence-electron chi connectivity index (χ4n) is 5.20. The predicted octanol–water partition coefficient (Wildman–Crippen LogP) is 3.42. The number of amides is 3. The van der Waals surface area contributed by atoms with Crippen LogP contribution in [0.4, 0.5) is 11.4 Å². The van der Waals surface area contributed by atoms with E-state index >= 15 is 0 Å². The Kier molecular flexibility index (Phi) is 7.86. The molecule has 1 aromatic heterocycles. The number of furan rings is 1. The molecule has 1 atom stereocenters. The summed E-state index contributed by atoms with van der Waals surface area (Å²) < 4.78 is 5.27. The normalized spacial score (nSPS) is 18.0. The number of thioether (sulfide) groups is 1. The number of nitrogens with zero attached hydrogens (tertiary/aromatic N) is 5. The van der Waals surface area contributed by atoms with Gasteiger partial charge in [-0.2, -0.15) is 4.99 Å². The Morgan fingerprint density at radius 2 is 1.73 bits per heavy atom. The maximum Gasteiger partial charge on any atom is 0.270 e. The van der Waals surface area contributed by atoms with E-state index < -0.39 is 6.04 Å². The van der Waals surface area contributed by atoms with Gasteiger partial charge in [0.25, 0.3) is 5.91 Å². The topological polar surface area (TPSA) is 111 Å². The van der Waals surface area contributed by atoms with Gasteiger partial charge < -0.3 is 19.5 Å². The lowest BCUT2D eigenvalue weighted by Gasteiger charge is -2.36. The second kappa shape index (κ2) is 12.0. The molecular weight excluding hydrogens is 540 g/mol. The highest BCUT2D eigenvalue weighted by atomic mass is 32.2. The van der Waals surface area contributed by atoms with Crippen molar-refractivity contribution in [1.82, 2.24) is 15.1 Å². The van der Waals surface area contributed by atoms with Crippen molar-refractivity contribution in [3.8, 4) is 0 Å². The first-order chi connectivity index (χ1) is 20.1. The number of nitrogens with one attached hydrogen (secondary N) is 1. The van der Waals surface area contributed by atoms with Gasteiger partial charge in [0.2, 0.25) is 11.8 Å². The molecule has 1 saturated heterocycles. The molecule has 6 rings (SSSR count). The molecule has 10 nitrogen and oxygen atoms in total. The van der Waals surface area contributed by atoms with Crippen LogP contribution in [0.1, 0.15) is 24.2 Å². The number of hydrogen-bond donors (Lipinski definition) is 1. The van der Waals surface area contributed by atoms with Gasteiger partial charge in [0.15, 0.2) is 5.17 Å². The van der Waals surface area contributed by atoms with Gasteiger partial charge in [-0.3, -0.25) is 19.3 Å². The molecule has 1 unspecified atom stereocenters. The Morgan fingerprint density at radius 1 is 0.951 bits per heavy atom. The summed E-state index contributed by atoms with van der Waals surface area (Å²) in [4.78, 5) is 54.0. The molecule has 1 fully saturated rings. The number of amidine groups is 2. The molecule has 1 N–H and O–H groups in total. The van der Waals surface area contributed by atoms with E-state index in [1.807, 2.05) is 47.4 Å². The minimum Gasteiger partial charge on any atom is -0.467 e. The number of para-hydroxylation sites is 2. The molecule has 0 spiro atoms. The lowest BCUT2D eigenvalue weighted by molar-refractivity contribution is -0.128. The van der Waals surface area contributed by atoms with Crippen molar-refractivity contribution in [1.29, 1.82) is 0 Å². The number of anilines is 1. The Hall–Kier alpha value is -4.38. The van der Waals surface area contributed by atoms with Gasteiger partial charge in [-0.05, 0) is 42.8 Å². The summed E-state index contributed by atoms with van der Waals surface area (Å²) in [5.41, 5.74) is 2.63. The van der Waals surface area contributed by atoms with Crippen LogP contribution in [0.5, 0.6) is 0 Å². The van der Waals surface area contributed by atoms with Crippen LogP contribution in [-0.2, 0) is 20.9 Å². The molecule has 0 radical (unpaired) electrons. The third-order valence-corrected chi connectivity index (χ3v) is 8.31. The zero-order chi connectivity index (χ0) is 28.2. The minimum absolute atomic E-state index is 0.0298. The quantitative estimate of drug-likeness (QED) is 0.442. The number of aliphatic imine (C=N–C) groups is 2. The fraction of sp³-hybridized carbons (Fsp3) is 0.300. The Labute approximate surface area is 242 Å². The third kappa shape index (κ3) is 5.90. The van der Waals surface area contributed by atoms with E-state index in [2.05, 4.69) is 27.3 Å². The van der Waals surface area contributed by atoms with Crippen molar-refractivity contribution in [2.75, 3.05) is 36.8 Å². The smallest absolute Gasteiger partial charge is 0.270 e. The average molecular weight is 571 g/mol. The van der Waals surface area contributed by atoms with E-state index in [9.17, 15) is 14.4 Å². The minimum atomic E-state index is -0.663. The predicted molar refractivity (Wildman–Crippen MR) is 158 cm³/mol. The average Bonchev–Trinajstić information content (AvgIpc) is 3.66. The highest BCUT2D eigenvalue weighted by Crippen LogP contribution is 2.35. The van der Waals surface area contributed by atoms with Crippen LogP contribution in [0.15, 0.2) is 87.4 Å². The van der Waals surface area contributed by atoms with Gasteiger partial charge in [-0.15, -0.1) is 0 Å². The first-order valence-electron chi connectivity index (χ1n) is 13.7. The maximum absolute atomic E-state index is 13.2. The maximum atomic E-state index is 13.2. The van der Waals surface area contributed by atoms with E-state index in [0.717, 1.165) is 24.3 Å².